The number of nitrogens with zero attached hydrogens (tertiary/aromatic N) is 1. The van der Waals surface area contributed by atoms with Gasteiger partial charge in [-0.15, -0.1) is 0 Å². The van der Waals surface area contributed by atoms with Crippen molar-refractivity contribution in [1.82, 2.24) is 9.97 Å². The summed E-state index contributed by atoms with van der Waals surface area (Å²) in [5, 5.41) is 0.332. The number of hydrogen-bond donors (Lipinski definition) is 1. The van der Waals surface area contributed by atoms with Crippen LogP contribution >= 0.6 is 0 Å². The van der Waals surface area contributed by atoms with Crippen molar-refractivity contribution in [2.24, 2.45) is 0 Å². The molecule has 2 aromatic heterocycles. The highest BCUT2D eigenvalue weighted by Gasteiger charge is 2.28. The van der Waals surface area contributed by atoms with Crippen LogP contribution in [0.25, 0.3) is 11.0 Å². The van der Waals surface area contributed by atoms with E-state index < -0.39 is 9.84 Å². The van der Waals surface area contributed by atoms with Gasteiger partial charge >= 0.3 is 0 Å². The first-order valence-corrected chi connectivity index (χ1v) is 10.5. The van der Waals surface area contributed by atoms with Gasteiger partial charge in [0.05, 0.1) is 30.0 Å². The maximum absolute atomic E-state index is 13.3. The average molecular weight is 400 g/mol. The second kappa shape index (κ2) is 7.37. The molecular weight excluding hydrogens is 380 g/mol. The standard InChI is InChI=1S/C20H20N2O5S/c1-26-18-12-21-20-15(19(18)28(24,25)14-7-3-2-4-8-14)11-16(22-20)17(23)10-13-6-5-9-27-13/h2-4,7-8,11-13H,5-6,9-10H2,1H3,(H,21,22). The molecule has 0 amide bonds. The van der Waals surface area contributed by atoms with Gasteiger partial charge in [0.1, 0.15) is 10.5 Å². The van der Waals surface area contributed by atoms with Crippen LogP contribution in [0, 0.1) is 0 Å². The predicted molar refractivity (Wildman–Crippen MR) is 102 cm³/mol. The van der Waals surface area contributed by atoms with Crippen LogP contribution < -0.4 is 4.74 Å². The lowest BCUT2D eigenvalue weighted by Gasteiger charge is -2.10. The summed E-state index contributed by atoms with van der Waals surface area (Å²) in [5.74, 6) is 0.000374. The molecule has 1 saturated heterocycles. The van der Waals surface area contributed by atoms with E-state index in [4.69, 9.17) is 9.47 Å². The lowest BCUT2D eigenvalue weighted by Crippen LogP contribution is -2.12. The predicted octanol–water partition coefficient (Wildman–Crippen LogP) is 3.16. The van der Waals surface area contributed by atoms with Crippen LogP contribution in [0.2, 0.25) is 0 Å². The number of carbonyl (C=O) groups is 1. The van der Waals surface area contributed by atoms with Crippen molar-refractivity contribution in [3.63, 3.8) is 0 Å². The van der Waals surface area contributed by atoms with Gasteiger partial charge in [-0.1, -0.05) is 18.2 Å². The first-order chi connectivity index (χ1) is 13.5. The Morgan fingerprint density at radius 3 is 2.79 bits per heavy atom. The number of H-pyrrole nitrogens is 1. The number of Topliss-reactive ketones (excluding diaryl/α,β-unsaturated/α-hetero) is 1. The van der Waals surface area contributed by atoms with Crippen LogP contribution in [0.3, 0.4) is 0 Å². The van der Waals surface area contributed by atoms with Crippen LogP contribution in [-0.4, -0.2) is 44.0 Å². The minimum Gasteiger partial charge on any atom is -0.494 e. The Balaban J connectivity index is 1.81. The number of nitrogens with one attached hydrogen (secondary N) is 1. The Labute approximate surface area is 162 Å². The summed E-state index contributed by atoms with van der Waals surface area (Å²) in [6.45, 7) is 0.670. The summed E-state index contributed by atoms with van der Waals surface area (Å²) in [6, 6.07) is 9.65. The Bertz CT molecular complexity index is 1120. The number of fused-ring (bicyclic) bond motifs is 1. The molecule has 28 heavy (non-hydrogen) atoms. The van der Waals surface area contributed by atoms with E-state index in [1.807, 2.05) is 0 Å². The number of ketones is 1. The second-order valence-electron chi connectivity index (χ2n) is 6.68. The molecule has 1 fully saturated rings. The summed E-state index contributed by atoms with van der Waals surface area (Å²) >= 11 is 0. The van der Waals surface area contributed by atoms with Crippen molar-refractivity contribution in [3.05, 3.63) is 48.3 Å². The molecule has 146 valence electrons. The molecule has 3 heterocycles. The highest BCUT2D eigenvalue weighted by molar-refractivity contribution is 7.91. The lowest BCUT2D eigenvalue weighted by atomic mass is 10.1. The Kier molecular flexibility index (Phi) is 4.91. The molecule has 1 aliphatic heterocycles. The van der Waals surface area contributed by atoms with E-state index in [9.17, 15) is 13.2 Å². The monoisotopic (exact) mass is 400 g/mol. The van der Waals surface area contributed by atoms with Gasteiger partial charge in [-0.05, 0) is 31.0 Å². The Hall–Kier alpha value is -2.71. The topological polar surface area (TPSA) is 98.3 Å². The fourth-order valence-corrected chi connectivity index (χ4v) is 5.04. The van der Waals surface area contributed by atoms with Crippen molar-refractivity contribution in [1.29, 1.82) is 0 Å². The quantitative estimate of drug-likeness (QED) is 0.638. The molecule has 1 unspecified atom stereocenters. The number of rotatable bonds is 6. The molecule has 0 radical (unpaired) electrons. The molecule has 3 aromatic rings. The fourth-order valence-electron chi connectivity index (χ4n) is 3.45. The molecule has 0 spiro atoms. The zero-order chi connectivity index (χ0) is 19.7. The van der Waals surface area contributed by atoms with Crippen molar-refractivity contribution >= 4 is 26.7 Å². The smallest absolute Gasteiger partial charge is 0.211 e. The molecular formula is C20H20N2O5S. The lowest BCUT2D eigenvalue weighted by molar-refractivity contribution is 0.0772. The highest BCUT2D eigenvalue weighted by Crippen LogP contribution is 2.35. The number of pyridine rings is 1. The van der Waals surface area contributed by atoms with E-state index >= 15 is 0 Å². The number of sulfone groups is 1. The van der Waals surface area contributed by atoms with Crippen LogP contribution in [0.15, 0.2) is 52.4 Å². The van der Waals surface area contributed by atoms with Crippen LogP contribution in [0.5, 0.6) is 5.75 Å². The molecule has 4 rings (SSSR count). The van der Waals surface area contributed by atoms with Crippen LogP contribution in [0.4, 0.5) is 0 Å². The van der Waals surface area contributed by atoms with E-state index in [1.54, 1.807) is 18.2 Å². The van der Waals surface area contributed by atoms with E-state index in [2.05, 4.69) is 9.97 Å². The molecule has 7 nitrogen and oxygen atoms in total. The van der Waals surface area contributed by atoms with Gasteiger partial charge in [0, 0.05) is 18.4 Å². The minimum atomic E-state index is -3.86. The van der Waals surface area contributed by atoms with Gasteiger partial charge in [-0.25, -0.2) is 13.4 Å². The molecule has 0 bridgehead atoms. The van der Waals surface area contributed by atoms with E-state index in [-0.39, 0.29) is 33.8 Å². The van der Waals surface area contributed by atoms with E-state index in [0.29, 0.717) is 23.3 Å². The van der Waals surface area contributed by atoms with Gasteiger partial charge in [-0.3, -0.25) is 4.79 Å². The van der Waals surface area contributed by atoms with Crippen LogP contribution in [0.1, 0.15) is 29.8 Å². The zero-order valence-corrected chi connectivity index (χ0v) is 16.2. The largest absolute Gasteiger partial charge is 0.494 e. The molecule has 1 aliphatic rings. The summed E-state index contributed by atoms with van der Waals surface area (Å²) in [6.07, 6.45) is 3.32. The molecule has 0 aliphatic carbocycles. The third-order valence-corrected chi connectivity index (χ3v) is 6.71. The first kappa shape index (κ1) is 18.6. The summed E-state index contributed by atoms with van der Waals surface area (Å²) in [4.78, 5) is 20.0. The Morgan fingerprint density at radius 2 is 2.11 bits per heavy atom. The maximum Gasteiger partial charge on any atom is 0.211 e. The van der Waals surface area contributed by atoms with Crippen LogP contribution in [-0.2, 0) is 14.6 Å². The van der Waals surface area contributed by atoms with E-state index in [1.165, 1.54) is 31.5 Å². The number of aromatic nitrogens is 2. The number of carbonyl (C=O) groups excluding carboxylic acids is 1. The molecule has 0 saturated carbocycles. The summed E-state index contributed by atoms with van der Waals surface area (Å²) in [5.41, 5.74) is 0.641. The van der Waals surface area contributed by atoms with Gasteiger partial charge in [0.2, 0.25) is 9.84 Å². The van der Waals surface area contributed by atoms with Crippen molar-refractivity contribution in [3.8, 4) is 5.75 Å². The summed E-state index contributed by atoms with van der Waals surface area (Å²) in [7, 11) is -2.47. The van der Waals surface area contributed by atoms with Gasteiger partial charge < -0.3 is 14.5 Å². The zero-order valence-electron chi connectivity index (χ0n) is 15.3. The van der Waals surface area contributed by atoms with Crippen molar-refractivity contribution < 1.29 is 22.7 Å². The van der Waals surface area contributed by atoms with Gasteiger partial charge in [0.25, 0.3) is 0 Å². The fraction of sp³-hybridized carbons (Fsp3) is 0.300. The molecule has 1 atom stereocenters. The summed E-state index contributed by atoms with van der Waals surface area (Å²) < 4.78 is 37.3. The third-order valence-electron chi connectivity index (χ3n) is 4.86. The maximum atomic E-state index is 13.3. The number of benzene rings is 1. The SMILES string of the molecule is COc1cnc2[nH]c(C(=O)CC3CCCO3)cc2c1S(=O)(=O)c1ccccc1. The van der Waals surface area contributed by atoms with Gasteiger partial charge in [0.15, 0.2) is 11.5 Å². The first-order valence-electron chi connectivity index (χ1n) is 9.01. The van der Waals surface area contributed by atoms with Crippen molar-refractivity contribution in [2.75, 3.05) is 13.7 Å². The van der Waals surface area contributed by atoms with Crippen molar-refractivity contribution in [2.45, 2.75) is 35.2 Å². The molecule has 1 N–H and O–H groups in total. The third kappa shape index (κ3) is 3.29. The highest BCUT2D eigenvalue weighted by atomic mass is 32.2. The minimum absolute atomic E-state index is 0.00128. The average Bonchev–Trinajstić information content (AvgIpc) is 3.37. The number of methoxy groups -OCH3 is 1. The number of ether oxygens (including phenoxy) is 2. The second-order valence-corrected chi connectivity index (χ2v) is 8.57. The molecule has 8 heteroatoms. The van der Waals surface area contributed by atoms with E-state index in [0.717, 1.165) is 12.8 Å². The number of hydrogen-bond acceptors (Lipinski definition) is 6. The Morgan fingerprint density at radius 1 is 1.32 bits per heavy atom. The van der Waals surface area contributed by atoms with Gasteiger partial charge in [-0.2, -0.15) is 0 Å². The number of aromatic amines is 1. The normalized spacial score (nSPS) is 17.1. The molecule has 1 aromatic carbocycles.